The lowest BCUT2D eigenvalue weighted by Crippen LogP contribution is -2.35. The van der Waals surface area contributed by atoms with Crippen LogP contribution in [0.5, 0.6) is 5.75 Å². The third kappa shape index (κ3) is 3.01. The van der Waals surface area contributed by atoms with Crippen molar-refractivity contribution in [3.63, 3.8) is 0 Å². The highest BCUT2D eigenvalue weighted by molar-refractivity contribution is 5.92. The summed E-state index contributed by atoms with van der Waals surface area (Å²) in [6.45, 7) is 0.577. The topological polar surface area (TPSA) is 75.4 Å². The zero-order valence-electron chi connectivity index (χ0n) is 10.4. The Hall–Kier alpha value is -1.55. The van der Waals surface area contributed by atoms with Crippen molar-refractivity contribution >= 4 is 11.6 Å². The minimum absolute atomic E-state index is 0.0255. The van der Waals surface area contributed by atoms with E-state index in [9.17, 15) is 9.90 Å². The van der Waals surface area contributed by atoms with E-state index in [4.69, 9.17) is 5.73 Å². The van der Waals surface area contributed by atoms with E-state index in [0.29, 0.717) is 12.5 Å². The van der Waals surface area contributed by atoms with Gasteiger partial charge in [0, 0.05) is 11.6 Å². The molecular weight excluding hydrogens is 228 g/mol. The third-order valence-electron chi connectivity index (χ3n) is 3.68. The molecule has 1 aromatic carbocycles. The number of hydrogen-bond donors (Lipinski definition) is 3. The van der Waals surface area contributed by atoms with Crippen LogP contribution in [0.1, 0.15) is 25.7 Å². The number of anilines is 1. The number of aromatic hydroxyl groups is 1. The summed E-state index contributed by atoms with van der Waals surface area (Å²) in [5, 5.41) is 12.1. The number of benzene rings is 1. The van der Waals surface area contributed by atoms with Crippen LogP contribution < -0.4 is 11.1 Å². The van der Waals surface area contributed by atoms with Gasteiger partial charge < -0.3 is 16.2 Å². The fraction of sp³-hybridized carbons (Fsp3) is 0.500. The summed E-state index contributed by atoms with van der Waals surface area (Å²) in [6, 6.07) is 6.54. The average Bonchev–Trinajstić information content (AvgIpc) is 2.41. The summed E-state index contributed by atoms with van der Waals surface area (Å²) in [5.74, 6) is 0.578. The van der Waals surface area contributed by atoms with Crippen molar-refractivity contribution in [1.29, 1.82) is 0 Å². The molecule has 1 saturated carbocycles. The Bertz CT molecular complexity index is 403. The molecule has 1 aliphatic carbocycles. The van der Waals surface area contributed by atoms with Crippen molar-refractivity contribution in [2.45, 2.75) is 25.7 Å². The molecule has 0 aliphatic heterocycles. The maximum Gasteiger partial charge on any atom is 0.227 e. The van der Waals surface area contributed by atoms with Gasteiger partial charge in [-0.05, 0) is 49.6 Å². The van der Waals surface area contributed by atoms with Gasteiger partial charge >= 0.3 is 0 Å². The minimum Gasteiger partial charge on any atom is -0.508 e. The first-order chi connectivity index (χ1) is 8.70. The Morgan fingerprint density at radius 3 is 2.61 bits per heavy atom. The number of phenols is 1. The van der Waals surface area contributed by atoms with Crippen LogP contribution in [-0.2, 0) is 4.79 Å². The quantitative estimate of drug-likeness (QED) is 0.717. The maximum atomic E-state index is 12.2. The van der Waals surface area contributed by atoms with Crippen LogP contribution in [0.3, 0.4) is 0 Å². The summed E-state index contributed by atoms with van der Waals surface area (Å²) in [5.41, 5.74) is 6.45. The van der Waals surface area contributed by atoms with Crippen molar-refractivity contribution in [2.24, 2.45) is 17.6 Å². The van der Waals surface area contributed by atoms with Gasteiger partial charge in [0.15, 0.2) is 0 Å². The standard InChI is InChI=1S/C14H20N2O2/c15-9-10-3-1-2-4-13(10)14(18)16-11-5-7-12(17)8-6-11/h5-8,10,13,17H,1-4,9,15H2,(H,16,18). The number of amides is 1. The predicted molar refractivity (Wildman–Crippen MR) is 71.2 cm³/mol. The van der Waals surface area contributed by atoms with E-state index in [1.807, 2.05) is 0 Å². The van der Waals surface area contributed by atoms with Gasteiger partial charge in [-0.1, -0.05) is 12.8 Å². The molecule has 98 valence electrons. The minimum atomic E-state index is 0.0255. The highest BCUT2D eigenvalue weighted by atomic mass is 16.3. The van der Waals surface area contributed by atoms with Crippen LogP contribution in [0.25, 0.3) is 0 Å². The van der Waals surface area contributed by atoms with Crippen LogP contribution >= 0.6 is 0 Å². The molecule has 2 rings (SSSR count). The van der Waals surface area contributed by atoms with Gasteiger partial charge in [-0.15, -0.1) is 0 Å². The van der Waals surface area contributed by atoms with Gasteiger partial charge in [-0.2, -0.15) is 0 Å². The van der Waals surface area contributed by atoms with Crippen molar-refractivity contribution in [3.8, 4) is 5.75 Å². The van der Waals surface area contributed by atoms with Gasteiger partial charge in [0.2, 0.25) is 5.91 Å². The Morgan fingerprint density at radius 1 is 1.28 bits per heavy atom. The SMILES string of the molecule is NCC1CCCCC1C(=O)Nc1ccc(O)cc1. The zero-order valence-corrected chi connectivity index (χ0v) is 10.4. The van der Waals surface area contributed by atoms with Crippen molar-refractivity contribution in [2.75, 3.05) is 11.9 Å². The van der Waals surface area contributed by atoms with E-state index in [-0.39, 0.29) is 17.6 Å². The number of carbonyl (C=O) groups excluding carboxylic acids is 1. The Morgan fingerprint density at radius 2 is 1.94 bits per heavy atom. The molecule has 0 radical (unpaired) electrons. The molecule has 0 heterocycles. The van der Waals surface area contributed by atoms with Crippen LogP contribution in [0.15, 0.2) is 24.3 Å². The second kappa shape index (κ2) is 5.87. The lowest BCUT2D eigenvalue weighted by atomic mass is 9.78. The molecule has 4 nitrogen and oxygen atoms in total. The summed E-state index contributed by atoms with van der Waals surface area (Å²) >= 11 is 0. The molecule has 2 unspecified atom stereocenters. The molecule has 4 heteroatoms. The number of nitrogens with one attached hydrogen (secondary N) is 1. The van der Waals surface area contributed by atoms with Crippen LogP contribution in [0.2, 0.25) is 0 Å². The average molecular weight is 248 g/mol. The smallest absolute Gasteiger partial charge is 0.227 e. The Balaban J connectivity index is 2.00. The first-order valence-corrected chi connectivity index (χ1v) is 6.50. The van der Waals surface area contributed by atoms with Crippen LogP contribution in [0.4, 0.5) is 5.69 Å². The molecule has 1 aromatic rings. The Labute approximate surface area is 107 Å². The fourth-order valence-electron chi connectivity index (χ4n) is 2.61. The van der Waals surface area contributed by atoms with E-state index in [1.165, 1.54) is 6.42 Å². The third-order valence-corrected chi connectivity index (χ3v) is 3.68. The summed E-state index contributed by atoms with van der Waals surface area (Å²) in [6.07, 6.45) is 4.24. The monoisotopic (exact) mass is 248 g/mol. The van der Waals surface area contributed by atoms with Crippen LogP contribution in [-0.4, -0.2) is 17.6 Å². The lowest BCUT2D eigenvalue weighted by Gasteiger charge is -2.29. The van der Waals surface area contributed by atoms with Gasteiger partial charge in [0.25, 0.3) is 0 Å². The highest BCUT2D eigenvalue weighted by Crippen LogP contribution is 2.30. The molecule has 0 spiro atoms. The van der Waals surface area contributed by atoms with E-state index in [0.717, 1.165) is 24.9 Å². The number of nitrogens with two attached hydrogens (primary N) is 1. The summed E-state index contributed by atoms with van der Waals surface area (Å²) in [4.78, 5) is 12.2. The van der Waals surface area contributed by atoms with Gasteiger partial charge in [0.05, 0.1) is 0 Å². The van der Waals surface area contributed by atoms with Crippen molar-refractivity contribution in [1.82, 2.24) is 0 Å². The summed E-state index contributed by atoms with van der Waals surface area (Å²) in [7, 11) is 0. The molecule has 1 fully saturated rings. The first-order valence-electron chi connectivity index (χ1n) is 6.50. The van der Waals surface area contributed by atoms with E-state index in [1.54, 1.807) is 24.3 Å². The van der Waals surface area contributed by atoms with Gasteiger partial charge in [-0.25, -0.2) is 0 Å². The second-order valence-electron chi connectivity index (χ2n) is 4.92. The number of phenolic OH excluding ortho intramolecular Hbond substituents is 1. The largest absolute Gasteiger partial charge is 0.508 e. The van der Waals surface area contributed by atoms with Crippen molar-refractivity contribution in [3.05, 3.63) is 24.3 Å². The molecular formula is C14H20N2O2. The Kier molecular flexibility index (Phi) is 4.20. The molecule has 0 saturated heterocycles. The molecule has 0 bridgehead atoms. The lowest BCUT2D eigenvalue weighted by molar-refractivity contribution is -0.122. The number of rotatable bonds is 3. The van der Waals surface area contributed by atoms with Crippen LogP contribution in [0, 0.1) is 11.8 Å². The maximum absolute atomic E-state index is 12.2. The molecule has 1 amide bonds. The summed E-state index contributed by atoms with van der Waals surface area (Å²) < 4.78 is 0. The number of hydrogen-bond acceptors (Lipinski definition) is 3. The van der Waals surface area contributed by atoms with Gasteiger partial charge in [0.1, 0.15) is 5.75 Å². The molecule has 0 aromatic heterocycles. The van der Waals surface area contributed by atoms with E-state index >= 15 is 0 Å². The highest BCUT2D eigenvalue weighted by Gasteiger charge is 2.29. The van der Waals surface area contributed by atoms with E-state index in [2.05, 4.69) is 5.32 Å². The molecule has 2 atom stereocenters. The zero-order chi connectivity index (χ0) is 13.0. The molecule has 4 N–H and O–H groups in total. The number of carbonyl (C=O) groups is 1. The van der Waals surface area contributed by atoms with E-state index < -0.39 is 0 Å². The van der Waals surface area contributed by atoms with Crippen molar-refractivity contribution < 1.29 is 9.90 Å². The first kappa shape index (κ1) is 12.9. The fourth-order valence-corrected chi connectivity index (χ4v) is 2.61. The predicted octanol–water partition coefficient (Wildman–Crippen LogP) is 2.10. The van der Waals surface area contributed by atoms with Gasteiger partial charge in [-0.3, -0.25) is 4.79 Å². The molecule has 1 aliphatic rings. The normalized spacial score (nSPS) is 23.6. The molecule has 18 heavy (non-hydrogen) atoms. The second-order valence-corrected chi connectivity index (χ2v) is 4.92.